The van der Waals surface area contributed by atoms with Gasteiger partial charge in [-0.25, -0.2) is 0 Å². The summed E-state index contributed by atoms with van der Waals surface area (Å²) in [5.41, 5.74) is 1.60. The maximum absolute atomic E-state index is 12.6. The molecule has 0 atom stereocenters. The van der Waals surface area contributed by atoms with Crippen LogP contribution in [0, 0.1) is 0 Å². The average molecular weight is 400 g/mol. The first kappa shape index (κ1) is 18.6. The van der Waals surface area contributed by atoms with Crippen LogP contribution in [0.25, 0.3) is 10.9 Å². The Morgan fingerprint density at radius 3 is 2.59 bits per heavy atom. The second kappa shape index (κ2) is 7.34. The van der Waals surface area contributed by atoms with E-state index in [1.807, 2.05) is 0 Å². The number of nitrogens with one attached hydrogen (secondary N) is 3. The van der Waals surface area contributed by atoms with Crippen LogP contribution < -0.4 is 10.1 Å². The van der Waals surface area contributed by atoms with Crippen molar-refractivity contribution in [2.45, 2.75) is 12.8 Å². The Balaban J connectivity index is 1.48. The molecule has 0 spiro atoms. The van der Waals surface area contributed by atoms with Crippen molar-refractivity contribution < 1.29 is 22.7 Å². The number of carbonyl (C=O) groups is 1. The van der Waals surface area contributed by atoms with Gasteiger partial charge in [-0.2, -0.15) is 18.3 Å². The number of halogens is 3. The molecule has 2 aromatic heterocycles. The van der Waals surface area contributed by atoms with E-state index in [1.165, 1.54) is 18.3 Å². The molecule has 29 heavy (non-hydrogen) atoms. The molecule has 2 heterocycles. The summed E-state index contributed by atoms with van der Waals surface area (Å²) in [7, 11) is 0. The number of H-pyrrole nitrogens is 2. The predicted molar refractivity (Wildman–Crippen MR) is 101 cm³/mol. The van der Waals surface area contributed by atoms with Crippen molar-refractivity contribution in [1.29, 1.82) is 0 Å². The van der Waals surface area contributed by atoms with E-state index in [-0.39, 0.29) is 12.5 Å². The first-order valence-corrected chi connectivity index (χ1v) is 8.61. The zero-order valence-electron chi connectivity index (χ0n) is 14.9. The van der Waals surface area contributed by atoms with Crippen LogP contribution in [-0.2, 0) is 12.8 Å². The quantitative estimate of drug-likeness (QED) is 0.452. The number of hydrogen-bond acceptors (Lipinski definition) is 3. The van der Waals surface area contributed by atoms with Gasteiger partial charge in [0.25, 0.3) is 5.91 Å². The first-order chi connectivity index (χ1) is 13.9. The van der Waals surface area contributed by atoms with Crippen LogP contribution in [0.5, 0.6) is 5.75 Å². The summed E-state index contributed by atoms with van der Waals surface area (Å²) in [4.78, 5) is 15.3. The summed E-state index contributed by atoms with van der Waals surface area (Å²) < 4.78 is 43.6. The third kappa shape index (κ3) is 4.08. The number of carbonyl (C=O) groups excluding carboxylic acids is 1. The largest absolute Gasteiger partial charge is 0.489 e. The lowest BCUT2D eigenvalue weighted by atomic mass is 10.1. The smallest absolute Gasteiger partial charge is 0.416 e. The molecule has 0 radical (unpaired) electrons. The number of nitrogens with zero attached hydrogens (tertiary/aromatic N) is 1. The number of benzene rings is 2. The van der Waals surface area contributed by atoms with Gasteiger partial charge in [0.05, 0.1) is 11.3 Å². The number of amides is 1. The van der Waals surface area contributed by atoms with Crippen LogP contribution in [0.2, 0.25) is 0 Å². The van der Waals surface area contributed by atoms with Gasteiger partial charge in [-0.05, 0) is 42.0 Å². The van der Waals surface area contributed by atoms with Crippen molar-refractivity contribution in [2.75, 3.05) is 5.32 Å². The third-order valence-corrected chi connectivity index (χ3v) is 4.33. The number of rotatable bonds is 5. The van der Waals surface area contributed by atoms with Gasteiger partial charge in [0, 0.05) is 23.3 Å². The highest BCUT2D eigenvalue weighted by molar-refractivity contribution is 6.08. The molecule has 0 fully saturated rings. The first-order valence-electron chi connectivity index (χ1n) is 8.61. The lowest BCUT2D eigenvalue weighted by Gasteiger charge is -2.09. The van der Waals surface area contributed by atoms with Crippen LogP contribution >= 0.6 is 0 Å². The highest BCUT2D eigenvalue weighted by Crippen LogP contribution is 2.30. The van der Waals surface area contributed by atoms with Crippen LogP contribution in [0.3, 0.4) is 0 Å². The maximum atomic E-state index is 12.6. The van der Waals surface area contributed by atoms with E-state index in [1.54, 1.807) is 30.5 Å². The monoisotopic (exact) mass is 400 g/mol. The fourth-order valence-electron chi connectivity index (χ4n) is 2.82. The van der Waals surface area contributed by atoms with Crippen LogP contribution in [-0.4, -0.2) is 21.1 Å². The van der Waals surface area contributed by atoms with E-state index in [0.29, 0.717) is 22.7 Å². The van der Waals surface area contributed by atoms with E-state index < -0.39 is 11.7 Å². The SMILES string of the molecule is O=C(Nc1c[nH]c2ccc(OCc3ccc(C(F)(F)F)cc3)cc12)c1ccn[nH]1. The van der Waals surface area contributed by atoms with Crippen molar-refractivity contribution >= 4 is 22.5 Å². The molecular formula is C20H15F3N4O2. The fourth-order valence-corrected chi connectivity index (χ4v) is 2.82. The van der Waals surface area contributed by atoms with Crippen molar-refractivity contribution in [1.82, 2.24) is 15.2 Å². The summed E-state index contributed by atoms with van der Waals surface area (Å²) >= 11 is 0. The average Bonchev–Trinajstić information content (AvgIpc) is 3.36. The van der Waals surface area contributed by atoms with Gasteiger partial charge in [-0.15, -0.1) is 0 Å². The lowest BCUT2D eigenvalue weighted by Crippen LogP contribution is -2.12. The molecule has 0 saturated carbocycles. The Morgan fingerprint density at radius 2 is 1.90 bits per heavy atom. The molecule has 4 rings (SSSR count). The number of ether oxygens (including phenoxy) is 1. The zero-order valence-corrected chi connectivity index (χ0v) is 14.9. The van der Waals surface area contributed by atoms with Gasteiger partial charge in [-0.1, -0.05) is 12.1 Å². The highest BCUT2D eigenvalue weighted by atomic mass is 19.4. The Morgan fingerprint density at radius 1 is 1.10 bits per heavy atom. The molecule has 6 nitrogen and oxygen atoms in total. The molecule has 2 aromatic carbocycles. The molecule has 0 bridgehead atoms. The number of anilines is 1. The van der Waals surface area contributed by atoms with Crippen LogP contribution in [0.4, 0.5) is 18.9 Å². The summed E-state index contributed by atoms with van der Waals surface area (Å²) in [5.74, 6) is 0.188. The molecule has 1 amide bonds. The summed E-state index contributed by atoms with van der Waals surface area (Å²) in [6, 6.07) is 11.7. The highest BCUT2D eigenvalue weighted by Gasteiger charge is 2.29. The summed E-state index contributed by atoms with van der Waals surface area (Å²) in [6.45, 7) is 0.115. The van der Waals surface area contributed by atoms with E-state index >= 15 is 0 Å². The summed E-state index contributed by atoms with van der Waals surface area (Å²) in [6.07, 6.45) is -1.22. The van der Waals surface area contributed by atoms with Crippen LogP contribution in [0.1, 0.15) is 21.6 Å². The van der Waals surface area contributed by atoms with Crippen LogP contribution in [0.15, 0.2) is 60.9 Å². The molecule has 9 heteroatoms. The number of aromatic nitrogens is 3. The van der Waals surface area contributed by atoms with Crippen molar-refractivity contribution in [3.05, 3.63) is 77.7 Å². The second-order valence-electron chi connectivity index (χ2n) is 6.32. The molecule has 0 aliphatic heterocycles. The number of fused-ring (bicyclic) bond motifs is 1. The number of aromatic amines is 2. The molecule has 0 unspecified atom stereocenters. The van der Waals surface area contributed by atoms with Crippen molar-refractivity contribution in [2.24, 2.45) is 0 Å². The van der Waals surface area contributed by atoms with Gasteiger partial charge in [-0.3, -0.25) is 9.89 Å². The molecule has 0 aliphatic rings. The Labute approximate surface area is 162 Å². The number of alkyl halides is 3. The molecule has 0 aliphatic carbocycles. The van der Waals surface area contributed by atoms with Gasteiger partial charge < -0.3 is 15.0 Å². The molecular weight excluding hydrogens is 385 g/mol. The standard InChI is InChI=1S/C20H15F3N4O2/c21-20(22,23)13-3-1-12(2-4-13)11-29-14-5-6-16-15(9-14)18(10-24-16)26-19(28)17-7-8-25-27-17/h1-10,24H,11H2,(H,25,27)(H,26,28). The molecule has 148 valence electrons. The summed E-state index contributed by atoms with van der Waals surface area (Å²) in [5, 5.41) is 9.86. The van der Waals surface area contributed by atoms with E-state index in [0.717, 1.165) is 23.0 Å². The lowest BCUT2D eigenvalue weighted by molar-refractivity contribution is -0.137. The fraction of sp³-hybridized carbons (Fsp3) is 0.100. The van der Waals surface area contributed by atoms with E-state index in [9.17, 15) is 18.0 Å². The maximum Gasteiger partial charge on any atom is 0.416 e. The molecule has 0 saturated heterocycles. The Kier molecular flexibility index (Phi) is 4.71. The van der Waals surface area contributed by atoms with Gasteiger partial charge in [0.2, 0.25) is 0 Å². The van der Waals surface area contributed by atoms with Gasteiger partial charge >= 0.3 is 6.18 Å². The second-order valence-corrected chi connectivity index (χ2v) is 6.32. The minimum Gasteiger partial charge on any atom is -0.489 e. The van der Waals surface area contributed by atoms with Crippen molar-refractivity contribution in [3.63, 3.8) is 0 Å². The normalized spacial score (nSPS) is 11.6. The Hall–Kier alpha value is -3.75. The van der Waals surface area contributed by atoms with E-state index in [4.69, 9.17) is 4.74 Å². The Bertz CT molecular complexity index is 1130. The topological polar surface area (TPSA) is 82.8 Å². The minimum absolute atomic E-state index is 0.115. The van der Waals surface area contributed by atoms with Crippen molar-refractivity contribution in [3.8, 4) is 5.75 Å². The third-order valence-electron chi connectivity index (χ3n) is 4.33. The zero-order chi connectivity index (χ0) is 20.4. The van der Waals surface area contributed by atoms with Gasteiger partial charge in [0.15, 0.2) is 0 Å². The predicted octanol–water partition coefficient (Wildman–Crippen LogP) is 4.74. The minimum atomic E-state index is -4.37. The molecule has 4 aromatic rings. The molecule has 3 N–H and O–H groups in total. The number of hydrogen-bond donors (Lipinski definition) is 3. The van der Waals surface area contributed by atoms with E-state index in [2.05, 4.69) is 20.5 Å². The van der Waals surface area contributed by atoms with Gasteiger partial charge in [0.1, 0.15) is 18.1 Å².